The molecule has 0 saturated heterocycles. The van der Waals surface area contributed by atoms with Gasteiger partial charge < -0.3 is 14.8 Å². The second-order valence-electron chi connectivity index (χ2n) is 9.66. The van der Waals surface area contributed by atoms with Crippen molar-refractivity contribution < 1.29 is 19.1 Å². The van der Waals surface area contributed by atoms with Crippen LogP contribution in [0.25, 0.3) is 0 Å². The molecule has 1 fully saturated rings. The molecule has 0 bridgehead atoms. The Balaban J connectivity index is 1.55. The summed E-state index contributed by atoms with van der Waals surface area (Å²) in [5.74, 6) is -0.0450. The van der Waals surface area contributed by atoms with Gasteiger partial charge in [0.2, 0.25) is 0 Å². The Hall–Kier alpha value is -3.05. The van der Waals surface area contributed by atoms with Crippen molar-refractivity contribution >= 4 is 23.4 Å². The molecule has 6 heteroatoms. The monoisotopic (exact) mass is 491 g/mol. The molecule has 2 atom stereocenters. The van der Waals surface area contributed by atoms with Crippen LogP contribution in [0.15, 0.2) is 71.1 Å². The van der Waals surface area contributed by atoms with Crippen LogP contribution < -0.4 is 10.1 Å². The molecule has 2 aromatic carbocycles. The Morgan fingerprint density at radius 2 is 1.77 bits per heavy atom. The summed E-state index contributed by atoms with van der Waals surface area (Å²) < 4.78 is 11.4. The van der Waals surface area contributed by atoms with Crippen molar-refractivity contribution in [1.82, 2.24) is 5.32 Å². The molecule has 1 heterocycles. The molecule has 0 radical (unpaired) electrons. The first-order valence-electron chi connectivity index (χ1n) is 12.3. The maximum atomic E-state index is 13.7. The average molecular weight is 492 g/mol. The van der Waals surface area contributed by atoms with Crippen molar-refractivity contribution in [2.45, 2.75) is 63.4 Å². The van der Waals surface area contributed by atoms with Gasteiger partial charge in [-0.3, -0.25) is 4.79 Å². The van der Waals surface area contributed by atoms with Crippen molar-refractivity contribution in [3.8, 4) is 5.75 Å². The van der Waals surface area contributed by atoms with Gasteiger partial charge in [0.15, 0.2) is 5.78 Å². The van der Waals surface area contributed by atoms with Crippen molar-refractivity contribution in [2.75, 3.05) is 7.11 Å². The number of nitrogens with one attached hydrogen (secondary N) is 1. The number of hydrogen-bond acceptors (Lipinski definition) is 5. The lowest BCUT2D eigenvalue weighted by molar-refractivity contribution is -0.144. The number of benzene rings is 2. The van der Waals surface area contributed by atoms with Gasteiger partial charge in [-0.15, -0.1) is 0 Å². The van der Waals surface area contributed by atoms with Crippen LogP contribution in [0.3, 0.4) is 0 Å². The van der Waals surface area contributed by atoms with Crippen molar-refractivity contribution in [3.05, 3.63) is 87.2 Å². The summed E-state index contributed by atoms with van der Waals surface area (Å²) in [7, 11) is 1.62. The molecule has 3 aliphatic rings. The third-order valence-electron chi connectivity index (χ3n) is 7.39. The molecule has 0 unspecified atom stereocenters. The molecular weight excluding hydrogens is 462 g/mol. The van der Waals surface area contributed by atoms with Gasteiger partial charge in [-0.2, -0.15) is 0 Å². The molecule has 2 aliphatic carbocycles. The highest BCUT2D eigenvalue weighted by Crippen LogP contribution is 2.46. The molecule has 1 aliphatic heterocycles. The minimum absolute atomic E-state index is 0.0465. The number of halogens is 1. The van der Waals surface area contributed by atoms with Gasteiger partial charge in [-0.1, -0.05) is 35.9 Å². The van der Waals surface area contributed by atoms with E-state index in [0.29, 0.717) is 34.8 Å². The second-order valence-corrected chi connectivity index (χ2v) is 10.1. The van der Waals surface area contributed by atoms with E-state index >= 15 is 0 Å². The van der Waals surface area contributed by atoms with Gasteiger partial charge in [0.1, 0.15) is 11.9 Å². The number of rotatable bonds is 5. The number of ether oxygens (including phenoxy) is 2. The zero-order valence-corrected chi connectivity index (χ0v) is 20.9. The van der Waals surface area contributed by atoms with Gasteiger partial charge in [-0.05, 0) is 80.3 Å². The highest BCUT2D eigenvalue weighted by molar-refractivity contribution is 6.30. The first kappa shape index (κ1) is 23.7. The summed E-state index contributed by atoms with van der Waals surface area (Å²) in [6.45, 7) is 1.90. The van der Waals surface area contributed by atoms with Gasteiger partial charge >= 0.3 is 5.97 Å². The van der Waals surface area contributed by atoms with Gasteiger partial charge in [0.05, 0.1) is 12.7 Å². The minimum atomic E-state index is -0.492. The van der Waals surface area contributed by atoms with E-state index in [1.807, 2.05) is 55.5 Å². The van der Waals surface area contributed by atoms with Crippen LogP contribution in [-0.2, 0) is 14.3 Å². The summed E-state index contributed by atoms with van der Waals surface area (Å²) in [4.78, 5) is 27.2. The number of ketones is 1. The second kappa shape index (κ2) is 9.90. The van der Waals surface area contributed by atoms with Crippen LogP contribution in [0.2, 0.25) is 5.02 Å². The van der Waals surface area contributed by atoms with E-state index in [9.17, 15) is 9.59 Å². The zero-order chi connectivity index (χ0) is 24.5. The topological polar surface area (TPSA) is 64.6 Å². The predicted molar refractivity (Wildman–Crippen MR) is 135 cm³/mol. The first-order valence-corrected chi connectivity index (χ1v) is 12.7. The maximum Gasteiger partial charge on any atom is 0.337 e. The van der Waals surface area contributed by atoms with Crippen LogP contribution in [0, 0.1) is 0 Å². The average Bonchev–Trinajstić information content (AvgIpc) is 3.36. The Morgan fingerprint density at radius 3 is 2.49 bits per heavy atom. The molecule has 1 N–H and O–H groups in total. The van der Waals surface area contributed by atoms with Crippen LogP contribution in [0.5, 0.6) is 5.75 Å². The van der Waals surface area contributed by atoms with E-state index in [1.165, 1.54) is 0 Å². The Morgan fingerprint density at radius 1 is 1.03 bits per heavy atom. The van der Waals surface area contributed by atoms with Crippen molar-refractivity contribution in [1.29, 1.82) is 0 Å². The van der Waals surface area contributed by atoms with Gasteiger partial charge in [-0.25, -0.2) is 4.79 Å². The van der Waals surface area contributed by atoms with Crippen LogP contribution in [0.1, 0.15) is 68.4 Å². The van der Waals surface area contributed by atoms with E-state index in [0.717, 1.165) is 48.2 Å². The van der Waals surface area contributed by atoms with E-state index in [4.69, 9.17) is 21.1 Å². The van der Waals surface area contributed by atoms with Crippen LogP contribution in [-0.4, -0.2) is 25.0 Å². The number of methoxy groups -OCH3 is 1. The number of esters is 1. The lowest BCUT2D eigenvalue weighted by atomic mass is 9.71. The molecular formula is C29H30ClNO4. The van der Waals surface area contributed by atoms with E-state index in [1.54, 1.807) is 7.11 Å². The zero-order valence-electron chi connectivity index (χ0n) is 20.1. The fourth-order valence-corrected chi connectivity index (χ4v) is 5.78. The first-order chi connectivity index (χ1) is 16.9. The van der Waals surface area contributed by atoms with E-state index in [-0.39, 0.29) is 23.8 Å². The number of carbonyl (C=O) groups excluding carboxylic acids is 2. The quantitative estimate of drug-likeness (QED) is 0.505. The fraction of sp³-hybridized carbons (Fsp3) is 0.379. The molecule has 182 valence electrons. The standard InChI is InChI=1S/C29H30ClNO4/c1-17-26(29(33)35-22-7-3-4-8-22)27(19-6-5-9-23(14-19)34-2)28-24(31-17)15-20(16-25(28)32)18-10-12-21(30)13-11-18/h5-6,9-14,20,22,27,31H,3-4,7-8,15-16H2,1-2H3/t20-,27+/m1/s1. The highest BCUT2D eigenvalue weighted by atomic mass is 35.5. The van der Waals surface area contributed by atoms with E-state index in [2.05, 4.69) is 5.32 Å². The third kappa shape index (κ3) is 4.74. The van der Waals surface area contributed by atoms with Crippen LogP contribution in [0.4, 0.5) is 0 Å². The molecule has 5 nitrogen and oxygen atoms in total. The number of allylic oxidation sites excluding steroid dienone is 3. The fourth-order valence-electron chi connectivity index (χ4n) is 5.66. The molecule has 0 amide bonds. The van der Waals surface area contributed by atoms with Crippen LogP contribution >= 0.6 is 11.6 Å². The molecule has 0 spiro atoms. The largest absolute Gasteiger partial charge is 0.497 e. The summed E-state index contributed by atoms with van der Waals surface area (Å²) in [6.07, 6.45) is 4.95. The van der Waals surface area contributed by atoms with Crippen molar-refractivity contribution in [3.63, 3.8) is 0 Å². The summed E-state index contributed by atoms with van der Waals surface area (Å²) in [5.41, 5.74) is 4.74. The summed E-state index contributed by atoms with van der Waals surface area (Å²) in [5, 5.41) is 4.10. The Kier molecular flexibility index (Phi) is 6.70. The molecule has 1 saturated carbocycles. The van der Waals surface area contributed by atoms with Gasteiger partial charge in [0.25, 0.3) is 0 Å². The third-order valence-corrected chi connectivity index (χ3v) is 7.64. The summed E-state index contributed by atoms with van der Waals surface area (Å²) >= 11 is 6.08. The minimum Gasteiger partial charge on any atom is -0.497 e. The Bertz CT molecular complexity index is 1210. The lowest BCUT2D eigenvalue weighted by Gasteiger charge is -2.37. The number of carbonyl (C=O) groups is 2. The van der Waals surface area contributed by atoms with E-state index < -0.39 is 5.92 Å². The van der Waals surface area contributed by atoms with Crippen molar-refractivity contribution in [2.24, 2.45) is 0 Å². The highest BCUT2D eigenvalue weighted by Gasteiger charge is 2.42. The number of Topliss-reactive ketones (excluding diaryl/α,β-unsaturated/α-hetero) is 1. The number of dihydropyridines is 1. The maximum absolute atomic E-state index is 13.7. The Labute approximate surface area is 211 Å². The molecule has 5 rings (SSSR count). The van der Waals surface area contributed by atoms with Gasteiger partial charge in [0, 0.05) is 34.3 Å². The lowest BCUT2D eigenvalue weighted by Crippen LogP contribution is -2.36. The number of hydrogen-bond donors (Lipinski definition) is 1. The molecule has 2 aromatic rings. The molecule has 0 aromatic heterocycles. The summed E-state index contributed by atoms with van der Waals surface area (Å²) in [6, 6.07) is 15.3. The predicted octanol–water partition coefficient (Wildman–Crippen LogP) is 6.20. The molecule has 35 heavy (non-hydrogen) atoms. The smallest absolute Gasteiger partial charge is 0.337 e. The normalized spacial score (nSPS) is 22.7. The SMILES string of the molecule is COc1cccc([C@H]2C(C(=O)OC3CCCC3)=C(C)NC3=C2C(=O)C[C@H](c2ccc(Cl)cc2)C3)c1.